The Morgan fingerprint density at radius 1 is 1.07 bits per heavy atom. The van der Waals surface area contributed by atoms with Gasteiger partial charge in [-0.3, -0.25) is 14.4 Å². The van der Waals surface area contributed by atoms with Crippen molar-refractivity contribution < 1.29 is 14.4 Å². The zero-order chi connectivity index (χ0) is 19.6. The molecule has 1 heterocycles. The van der Waals surface area contributed by atoms with Crippen LogP contribution in [0.3, 0.4) is 0 Å². The number of hydrogen-bond donors (Lipinski definition) is 1. The minimum absolute atomic E-state index is 0.200. The van der Waals surface area contributed by atoms with Crippen molar-refractivity contribution in [2.75, 3.05) is 25.5 Å². The largest absolute Gasteiger partial charge is 0.336 e. The summed E-state index contributed by atoms with van der Waals surface area (Å²) in [6.45, 7) is 3.34. The molecule has 1 fully saturated rings. The zero-order valence-electron chi connectivity index (χ0n) is 15.2. The maximum Gasteiger partial charge on any atom is 0.312 e. The lowest BCUT2D eigenvalue weighted by Gasteiger charge is -2.31. The number of amides is 3. The van der Waals surface area contributed by atoms with E-state index in [2.05, 4.69) is 21.2 Å². The van der Waals surface area contributed by atoms with Crippen LogP contribution in [0.25, 0.3) is 0 Å². The van der Waals surface area contributed by atoms with E-state index >= 15 is 0 Å². The van der Waals surface area contributed by atoms with Crippen LogP contribution in [-0.4, -0.2) is 47.7 Å². The van der Waals surface area contributed by atoms with E-state index in [1.54, 1.807) is 31.3 Å². The van der Waals surface area contributed by atoms with E-state index in [1.165, 1.54) is 9.80 Å². The lowest BCUT2D eigenvalue weighted by atomic mass is 10.1. The van der Waals surface area contributed by atoms with Crippen LogP contribution in [0.4, 0.5) is 5.69 Å². The summed E-state index contributed by atoms with van der Waals surface area (Å²) in [6.07, 6.45) is 0. The molecule has 1 aliphatic heterocycles. The molecule has 0 radical (unpaired) electrons. The average molecular weight is 430 g/mol. The standard InChI is InChI=1S/C20H20BrN3O3/c1-13-11-16(7-8-17(13)21)22-18(25)15-5-3-14(4-6-15)12-24-10-9-23(2)19(26)20(24)27/h3-8,11H,9-10,12H2,1-2H3,(H,22,25). The first-order valence-corrected chi connectivity index (χ1v) is 9.35. The predicted molar refractivity (Wildman–Crippen MR) is 106 cm³/mol. The van der Waals surface area contributed by atoms with Crippen molar-refractivity contribution in [2.24, 2.45) is 0 Å². The summed E-state index contributed by atoms with van der Waals surface area (Å²) < 4.78 is 0.988. The lowest BCUT2D eigenvalue weighted by Crippen LogP contribution is -2.52. The third kappa shape index (κ3) is 4.36. The van der Waals surface area contributed by atoms with Gasteiger partial charge >= 0.3 is 11.8 Å². The lowest BCUT2D eigenvalue weighted by molar-refractivity contribution is -0.155. The number of piperazine rings is 1. The second-order valence-electron chi connectivity index (χ2n) is 6.57. The molecule has 3 rings (SSSR count). The fraction of sp³-hybridized carbons (Fsp3) is 0.250. The smallest absolute Gasteiger partial charge is 0.312 e. The molecule has 3 amide bonds. The van der Waals surface area contributed by atoms with E-state index in [0.717, 1.165) is 21.3 Å². The Morgan fingerprint density at radius 3 is 2.44 bits per heavy atom. The third-order valence-electron chi connectivity index (χ3n) is 4.53. The molecule has 1 saturated heterocycles. The topological polar surface area (TPSA) is 69.7 Å². The summed E-state index contributed by atoms with van der Waals surface area (Å²) in [5.41, 5.74) is 3.16. The minimum atomic E-state index is -0.490. The first kappa shape index (κ1) is 19.1. The van der Waals surface area contributed by atoms with Gasteiger partial charge in [0.25, 0.3) is 5.91 Å². The summed E-state index contributed by atoms with van der Waals surface area (Å²) in [7, 11) is 1.62. The first-order valence-electron chi connectivity index (χ1n) is 8.56. The molecule has 0 bridgehead atoms. The Morgan fingerprint density at radius 2 is 1.78 bits per heavy atom. The number of anilines is 1. The van der Waals surface area contributed by atoms with Crippen LogP contribution in [0.2, 0.25) is 0 Å². The quantitative estimate of drug-likeness (QED) is 0.759. The average Bonchev–Trinajstić information content (AvgIpc) is 2.66. The number of hydrogen-bond acceptors (Lipinski definition) is 3. The van der Waals surface area contributed by atoms with E-state index in [0.29, 0.717) is 25.2 Å². The number of carbonyl (C=O) groups is 3. The Kier molecular flexibility index (Phi) is 5.60. The van der Waals surface area contributed by atoms with Gasteiger partial charge in [0, 0.05) is 42.4 Å². The summed E-state index contributed by atoms with van der Waals surface area (Å²) in [5.74, 6) is -1.17. The second-order valence-corrected chi connectivity index (χ2v) is 7.42. The molecule has 7 heteroatoms. The molecule has 1 N–H and O–H groups in total. The third-order valence-corrected chi connectivity index (χ3v) is 5.42. The van der Waals surface area contributed by atoms with E-state index in [4.69, 9.17) is 0 Å². The molecule has 0 atom stereocenters. The maximum atomic E-state index is 12.4. The minimum Gasteiger partial charge on any atom is -0.336 e. The number of carbonyl (C=O) groups excluding carboxylic acids is 3. The maximum absolute atomic E-state index is 12.4. The van der Waals surface area contributed by atoms with Gasteiger partial charge < -0.3 is 15.1 Å². The Bertz CT molecular complexity index is 896. The monoisotopic (exact) mass is 429 g/mol. The van der Waals surface area contributed by atoms with E-state index in [9.17, 15) is 14.4 Å². The highest BCUT2D eigenvalue weighted by Crippen LogP contribution is 2.20. The van der Waals surface area contributed by atoms with Crippen molar-refractivity contribution in [3.63, 3.8) is 0 Å². The molecule has 2 aromatic rings. The number of halogens is 1. The molecule has 0 unspecified atom stereocenters. The van der Waals surface area contributed by atoms with Crippen molar-refractivity contribution in [3.05, 3.63) is 63.6 Å². The number of likely N-dealkylation sites (N-methyl/N-ethyl adjacent to an activating group) is 1. The molecular weight excluding hydrogens is 410 g/mol. The number of aryl methyl sites for hydroxylation is 1. The van der Waals surface area contributed by atoms with E-state index in [1.807, 2.05) is 25.1 Å². The van der Waals surface area contributed by atoms with Gasteiger partial charge in [-0.1, -0.05) is 28.1 Å². The van der Waals surface area contributed by atoms with Gasteiger partial charge in [0.05, 0.1) is 0 Å². The van der Waals surface area contributed by atoms with Crippen molar-refractivity contribution >= 4 is 39.3 Å². The van der Waals surface area contributed by atoms with Crippen molar-refractivity contribution in [1.82, 2.24) is 9.80 Å². The number of benzene rings is 2. The van der Waals surface area contributed by atoms with Crippen molar-refractivity contribution in [2.45, 2.75) is 13.5 Å². The Labute approximate surface area is 166 Å². The summed E-state index contributed by atoms with van der Waals surface area (Å²) >= 11 is 3.44. The van der Waals surface area contributed by atoms with Crippen LogP contribution < -0.4 is 5.32 Å². The number of nitrogens with zero attached hydrogens (tertiary/aromatic N) is 2. The molecular formula is C20H20BrN3O3. The highest BCUT2D eigenvalue weighted by Gasteiger charge is 2.30. The van der Waals surface area contributed by atoms with E-state index < -0.39 is 11.8 Å². The van der Waals surface area contributed by atoms with Gasteiger partial charge in [-0.05, 0) is 48.4 Å². The highest BCUT2D eigenvalue weighted by molar-refractivity contribution is 9.10. The predicted octanol–water partition coefficient (Wildman–Crippen LogP) is 2.81. The number of rotatable bonds is 4. The van der Waals surface area contributed by atoms with Crippen LogP contribution in [-0.2, 0) is 16.1 Å². The first-order chi connectivity index (χ1) is 12.8. The van der Waals surface area contributed by atoms with Crippen molar-refractivity contribution in [3.8, 4) is 0 Å². The highest BCUT2D eigenvalue weighted by atomic mass is 79.9. The molecule has 140 valence electrons. The van der Waals surface area contributed by atoms with Gasteiger partial charge in [0.1, 0.15) is 0 Å². The Hall–Kier alpha value is -2.67. The van der Waals surface area contributed by atoms with Gasteiger partial charge in [-0.25, -0.2) is 0 Å². The zero-order valence-corrected chi connectivity index (χ0v) is 16.7. The van der Waals surface area contributed by atoms with Crippen LogP contribution in [0.15, 0.2) is 46.9 Å². The van der Waals surface area contributed by atoms with Gasteiger partial charge in [0.15, 0.2) is 0 Å². The van der Waals surface area contributed by atoms with Crippen LogP contribution in [0.5, 0.6) is 0 Å². The molecule has 0 aliphatic carbocycles. The summed E-state index contributed by atoms with van der Waals surface area (Å²) in [4.78, 5) is 39.2. The SMILES string of the molecule is Cc1cc(NC(=O)c2ccc(CN3CCN(C)C(=O)C3=O)cc2)ccc1Br. The normalized spacial score (nSPS) is 14.5. The van der Waals surface area contributed by atoms with Crippen LogP contribution in [0, 0.1) is 6.92 Å². The molecule has 1 aliphatic rings. The van der Waals surface area contributed by atoms with Crippen molar-refractivity contribution in [1.29, 1.82) is 0 Å². The molecule has 0 aromatic heterocycles. The molecule has 0 saturated carbocycles. The molecule has 6 nitrogen and oxygen atoms in total. The van der Waals surface area contributed by atoms with Crippen LogP contribution >= 0.6 is 15.9 Å². The van der Waals surface area contributed by atoms with E-state index in [-0.39, 0.29) is 5.91 Å². The van der Waals surface area contributed by atoms with Gasteiger partial charge in [-0.2, -0.15) is 0 Å². The fourth-order valence-electron chi connectivity index (χ4n) is 2.83. The fourth-order valence-corrected chi connectivity index (χ4v) is 3.08. The molecule has 2 aromatic carbocycles. The second kappa shape index (κ2) is 7.92. The molecule has 27 heavy (non-hydrogen) atoms. The Balaban J connectivity index is 1.64. The molecule has 0 spiro atoms. The van der Waals surface area contributed by atoms with Gasteiger partial charge in [0.2, 0.25) is 0 Å². The van der Waals surface area contributed by atoms with Crippen LogP contribution in [0.1, 0.15) is 21.5 Å². The van der Waals surface area contributed by atoms with Gasteiger partial charge in [-0.15, -0.1) is 0 Å². The summed E-state index contributed by atoms with van der Waals surface area (Å²) in [5, 5.41) is 2.87. The number of nitrogens with one attached hydrogen (secondary N) is 1. The summed E-state index contributed by atoms with van der Waals surface area (Å²) in [6, 6.07) is 12.7.